The zero-order valence-corrected chi connectivity index (χ0v) is 13.2. The molecule has 2 rings (SSSR count). The highest BCUT2D eigenvalue weighted by Gasteiger charge is 2.17. The number of likely N-dealkylation sites (tertiary alicyclic amines) is 1. The molecule has 0 bridgehead atoms. The van der Waals surface area contributed by atoms with Gasteiger partial charge < -0.3 is 10.2 Å². The molecule has 2 amide bonds. The molecule has 20 heavy (non-hydrogen) atoms. The van der Waals surface area contributed by atoms with E-state index in [1.807, 2.05) is 24.0 Å². The molecule has 0 spiro atoms. The van der Waals surface area contributed by atoms with Gasteiger partial charge in [0, 0.05) is 36.1 Å². The maximum absolute atomic E-state index is 12.1. The highest BCUT2D eigenvalue weighted by molar-refractivity contribution is 9.10. The summed E-state index contributed by atoms with van der Waals surface area (Å²) in [6.45, 7) is 4.01. The molecule has 1 aliphatic heterocycles. The van der Waals surface area contributed by atoms with Gasteiger partial charge in [0.15, 0.2) is 0 Å². The monoisotopic (exact) mass is 338 g/mol. The minimum Gasteiger partial charge on any atom is -0.352 e. The number of amides is 2. The number of hydrogen-bond acceptors (Lipinski definition) is 2. The highest BCUT2D eigenvalue weighted by Crippen LogP contribution is 2.16. The SMILES string of the molecule is Cc1ccc(Br)cc1C(=O)NCCC(=O)N1CCCC1. The van der Waals surface area contributed by atoms with Gasteiger partial charge in [-0.15, -0.1) is 0 Å². The van der Waals surface area contributed by atoms with Crippen LogP contribution in [-0.2, 0) is 4.79 Å². The van der Waals surface area contributed by atoms with E-state index in [1.165, 1.54) is 0 Å². The number of nitrogens with zero attached hydrogens (tertiary/aromatic N) is 1. The number of rotatable bonds is 4. The maximum atomic E-state index is 12.1. The Morgan fingerprint density at radius 2 is 2.00 bits per heavy atom. The second-order valence-electron chi connectivity index (χ2n) is 5.05. The molecule has 1 aromatic carbocycles. The third-order valence-electron chi connectivity index (χ3n) is 3.53. The van der Waals surface area contributed by atoms with Crippen molar-refractivity contribution in [2.75, 3.05) is 19.6 Å². The zero-order chi connectivity index (χ0) is 14.5. The van der Waals surface area contributed by atoms with Crippen LogP contribution in [0, 0.1) is 6.92 Å². The third kappa shape index (κ3) is 3.82. The van der Waals surface area contributed by atoms with E-state index in [-0.39, 0.29) is 11.8 Å². The molecule has 0 radical (unpaired) electrons. The normalized spacial score (nSPS) is 14.4. The van der Waals surface area contributed by atoms with Crippen LogP contribution in [0.3, 0.4) is 0 Å². The van der Waals surface area contributed by atoms with E-state index in [0.29, 0.717) is 18.5 Å². The van der Waals surface area contributed by atoms with Gasteiger partial charge in [-0.3, -0.25) is 9.59 Å². The topological polar surface area (TPSA) is 49.4 Å². The minimum atomic E-state index is -0.127. The van der Waals surface area contributed by atoms with E-state index in [4.69, 9.17) is 0 Å². The van der Waals surface area contributed by atoms with Crippen LogP contribution in [0.2, 0.25) is 0 Å². The number of carbonyl (C=O) groups is 2. The van der Waals surface area contributed by atoms with Crippen molar-refractivity contribution in [3.63, 3.8) is 0 Å². The molecule has 0 aromatic heterocycles. The molecule has 1 N–H and O–H groups in total. The summed E-state index contributed by atoms with van der Waals surface area (Å²) in [7, 11) is 0. The van der Waals surface area contributed by atoms with Crippen LogP contribution in [0.5, 0.6) is 0 Å². The zero-order valence-electron chi connectivity index (χ0n) is 11.6. The van der Waals surface area contributed by atoms with Crippen LogP contribution in [-0.4, -0.2) is 36.3 Å². The number of hydrogen-bond donors (Lipinski definition) is 1. The second-order valence-corrected chi connectivity index (χ2v) is 5.97. The fraction of sp³-hybridized carbons (Fsp3) is 0.467. The number of carbonyl (C=O) groups excluding carboxylic acids is 2. The lowest BCUT2D eigenvalue weighted by Crippen LogP contribution is -2.32. The van der Waals surface area contributed by atoms with Crippen molar-refractivity contribution in [2.45, 2.75) is 26.2 Å². The predicted octanol–water partition coefficient (Wildman–Crippen LogP) is 2.50. The number of nitrogens with one attached hydrogen (secondary N) is 1. The van der Waals surface area contributed by atoms with Crippen molar-refractivity contribution >= 4 is 27.7 Å². The first-order valence-corrected chi connectivity index (χ1v) is 7.69. The molecule has 1 fully saturated rings. The van der Waals surface area contributed by atoms with Gasteiger partial charge in [-0.1, -0.05) is 22.0 Å². The Kier molecular flexibility index (Phi) is 5.17. The Bertz CT molecular complexity index is 511. The molecule has 1 aliphatic rings. The molecule has 1 saturated heterocycles. The van der Waals surface area contributed by atoms with Gasteiger partial charge >= 0.3 is 0 Å². The summed E-state index contributed by atoms with van der Waals surface area (Å²) in [5.41, 5.74) is 1.57. The number of aryl methyl sites for hydroxylation is 1. The molecule has 1 heterocycles. The summed E-state index contributed by atoms with van der Waals surface area (Å²) in [5, 5.41) is 2.81. The molecule has 0 saturated carbocycles. The van der Waals surface area contributed by atoms with Crippen molar-refractivity contribution < 1.29 is 9.59 Å². The smallest absolute Gasteiger partial charge is 0.251 e. The Morgan fingerprint density at radius 3 is 2.70 bits per heavy atom. The van der Waals surface area contributed by atoms with Gasteiger partial charge in [0.2, 0.25) is 5.91 Å². The lowest BCUT2D eigenvalue weighted by molar-refractivity contribution is -0.129. The average molecular weight is 339 g/mol. The first-order valence-electron chi connectivity index (χ1n) is 6.90. The average Bonchev–Trinajstić information content (AvgIpc) is 2.95. The minimum absolute atomic E-state index is 0.127. The van der Waals surface area contributed by atoms with Crippen LogP contribution >= 0.6 is 15.9 Å². The molecule has 5 heteroatoms. The summed E-state index contributed by atoms with van der Waals surface area (Å²) in [5.74, 6) is 0.00628. The van der Waals surface area contributed by atoms with Crippen LogP contribution < -0.4 is 5.32 Å². The summed E-state index contributed by atoms with van der Waals surface area (Å²) >= 11 is 3.36. The van der Waals surface area contributed by atoms with Gasteiger partial charge in [-0.05, 0) is 37.5 Å². The second kappa shape index (κ2) is 6.88. The third-order valence-corrected chi connectivity index (χ3v) is 4.02. The number of halogens is 1. The van der Waals surface area contributed by atoms with Crippen molar-refractivity contribution in [3.8, 4) is 0 Å². The maximum Gasteiger partial charge on any atom is 0.251 e. The Morgan fingerprint density at radius 1 is 1.30 bits per heavy atom. The fourth-order valence-electron chi connectivity index (χ4n) is 2.34. The van der Waals surface area contributed by atoms with Gasteiger partial charge in [0.1, 0.15) is 0 Å². The van der Waals surface area contributed by atoms with Crippen LogP contribution in [0.4, 0.5) is 0 Å². The molecular weight excluding hydrogens is 320 g/mol. The first kappa shape index (κ1) is 15.0. The van der Waals surface area contributed by atoms with Crippen molar-refractivity contribution in [3.05, 3.63) is 33.8 Å². The van der Waals surface area contributed by atoms with Crippen molar-refractivity contribution in [1.82, 2.24) is 10.2 Å². The van der Waals surface area contributed by atoms with Crippen LogP contribution in [0.25, 0.3) is 0 Å². The molecule has 0 aliphatic carbocycles. The summed E-state index contributed by atoms with van der Waals surface area (Å²) in [6.07, 6.45) is 2.56. The molecule has 0 atom stereocenters. The fourth-order valence-corrected chi connectivity index (χ4v) is 2.70. The van der Waals surface area contributed by atoms with E-state index in [9.17, 15) is 9.59 Å². The molecular formula is C15H19BrN2O2. The van der Waals surface area contributed by atoms with Gasteiger partial charge in [0.05, 0.1) is 0 Å². The summed E-state index contributed by atoms with van der Waals surface area (Å²) in [4.78, 5) is 25.8. The van der Waals surface area contributed by atoms with E-state index in [0.717, 1.165) is 36.0 Å². The standard InChI is InChI=1S/C15H19BrN2O2/c1-11-4-5-12(16)10-13(11)15(20)17-7-6-14(19)18-8-2-3-9-18/h4-5,10H,2-3,6-9H2,1H3,(H,17,20). The van der Waals surface area contributed by atoms with Crippen LogP contribution in [0.1, 0.15) is 35.2 Å². The molecule has 108 valence electrons. The first-order chi connectivity index (χ1) is 9.58. The summed E-state index contributed by atoms with van der Waals surface area (Å²) in [6, 6.07) is 5.60. The Balaban J connectivity index is 1.83. The van der Waals surface area contributed by atoms with E-state index in [2.05, 4.69) is 21.2 Å². The number of benzene rings is 1. The lowest BCUT2D eigenvalue weighted by atomic mass is 10.1. The van der Waals surface area contributed by atoms with Gasteiger partial charge in [-0.25, -0.2) is 0 Å². The van der Waals surface area contributed by atoms with Gasteiger partial charge in [-0.2, -0.15) is 0 Å². The van der Waals surface area contributed by atoms with Crippen molar-refractivity contribution in [2.24, 2.45) is 0 Å². The quantitative estimate of drug-likeness (QED) is 0.916. The Labute approximate surface area is 127 Å². The lowest BCUT2D eigenvalue weighted by Gasteiger charge is -2.15. The predicted molar refractivity (Wildman–Crippen MR) is 81.6 cm³/mol. The van der Waals surface area contributed by atoms with E-state index < -0.39 is 0 Å². The highest BCUT2D eigenvalue weighted by atomic mass is 79.9. The van der Waals surface area contributed by atoms with Gasteiger partial charge in [0.25, 0.3) is 5.91 Å². The molecule has 0 unspecified atom stereocenters. The van der Waals surface area contributed by atoms with E-state index in [1.54, 1.807) is 6.07 Å². The molecule has 4 nitrogen and oxygen atoms in total. The Hall–Kier alpha value is -1.36. The van der Waals surface area contributed by atoms with Crippen molar-refractivity contribution in [1.29, 1.82) is 0 Å². The van der Waals surface area contributed by atoms with Crippen LogP contribution in [0.15, 0.2) is 22.7 Å². The molecule has 1 aromatic rings. The summed E-state index contributed by atoms with van der Waals surface area (Å²) < 4.78 is 0.876. The van der Waals surface area contributed by atoms with E-state index >= 15 is 0 Å². The largest absolute Gasteiger partial charge is 0.352 e.